The molecular formula is C9H14N2O2. The van der Waals surface area contributed by atoms with E-state index in [9.17, 15) is 0 Å². The second-order valence-electron chi connectivity index (χ2n) is 2.62. The van der Waals surface area contributed by atoms with Crippen LogP contribution in [0.1, 0.15) is 5.56 Å². The molecule has 72 valence electrons. The molecule has 4 nitrogen and oxygen atoms in total. The maximum atomic E-state index is 5.72. The van der Waals surface area contributed by atoms with Gasteiger partial charge in [-0.25, -0.2) is 0 Å². The van der Waals surface area contributed by atoms with Gasteiger partial charge in [0.2, 0.25) is 0 Å². The number of hydrogen-bond donors (Lipinski definition) is 2. The zero-order valence-electron chi connectivity index (χ0n) is 7.83. The second-order valence-corrected chi connectivity index (χ2v) is 2.62. The number of nitrogen functional groups attached to an aromatic ring is 1. The van der Waals surface area contributed by atoms with Crippen molar-refractivity contribution in [2.45, 2.75) is 6.54 Å². The molecule has 0 aliphatic rings. The van der Waals surface area contributed by atoms with Gasteiger partial charge in [0.1, 0.15) is 0 Å². The van der Waals surface area contributed by atoms with Crippen molar-refractivity contribution < 1.29 is 9.47 Å². The van der Waals surface area contributed by atoms with Gasteiger partial charge in [0, 0.05) is 6.54 Å². The van der Waals surface area contributed by atoms with Crippen LogP contribution in [-0.4, -0.2) is 14.2 Å². The average molecular weight is 182 g/mol. The number of nitrogens with two attached hydrogens (primary N) is 2. The Labute approximate surface area is 77.4 Å². The molecule has 0 fully saturated rings. The Morgan fingerprint density at radius 1 is 1.23 bits per heavy atom. The van der Waals surface area contributed by atoms with Gasteiger partial charge < -0.3 is 20.9 Å². The van der Waals surface area contributed by atoms with Crippen molar-refractivity contribution in [2.24, 2.45) is 5.73 Å². The van der Waals surface area contributed by atoms with Crippen LogP contribution in [0.15, 0.2) is 12.1 Å². The van der Waals surface area contributed by atoms with Crippen LogP contribution in [0.4, 0.5) is 5.69 Å². The first kappa shape index (κ1) is 9.67. The molecule has 0 bridgehead atoms. The lowest BCUT2D eigenvalue weighted by atomic mass is 10.1. The zero-order valence-corrected chi connectivity index (χ0v) is 7.83. The molecule has 0 aliphatic heterocycles. The molecule has 1 aromatic rings. The lowest BCUT2D eigenvalue weighted by Crippen LogP contribution is -2.01. The minimum absolute atomic E-state index is 0.435. The van der Waals surface area contributed by atoms with Gasteiger partial charge in [-0.05, 0) is 17.7 Å². The smallest absolute Gasteiger partial charge is 0.183 e. The van der Waals surface area contributed by atoms with Crippen LogP contribution in [-0.2, 0) is 6.54 Å². The third-order valence-electron chi connectivity index (χ3n) is 1.80. The molecule has 0 heterocycles. The van der Waals surface area contributed by atoms with E-state index in [0.717, 1.165) is 5.56 Å². The number of anilines is 1. The van der Waals surface area contributed by atoms with Crippen LogP contribution < -0.4 is 20.9 Å². The summed E-state index contributed by atoms with van der Waals surface area (Å²) >= 11 is 0. The number of methoxy groups -OCH3 is 2. The van der Waals surface area contributed by atoms with Crippen molar-refractivity contribution in [1.82, 2.24) is 0 Å². The standard InChI is InChI=1S/C9H14N2O2/c1-12-8-4-6(5-10)3-7(11)9(8)13-2/h3-4H,5,10-11H2,1-2H3. The minimum atomic E-state index is 0.435. The summed E-state index contributed by atoms with van der Waals surface area (Å²) in [6.07, 6.45) is 0. The molecule has 1 aromatic carbocycles. The van der Waals surface area contributed by atoms with Gasteiger partial charge >= 0.3 is 0 Å². The Morgan fingerprint density at radius 3 is 2.38 bits per heavy atom. The number of hydrogen-bond acceptors (Lipinski definition) is 4. The van der Waals surface area contributed by atoms with Gasteiger partial charge in [-0.3, -0.25) is 0 Å². The summed E-state index contributed by atoms with van der Waals surface area (Å²) in [6.45, 7) is 0.435. The van der Waals surface area contributed by atoms with E-state index in [-0.39, 0.29) is 0 Å². The first-order chi connectivity index (χ1) is 6.22. The maximum Gasteiger partial charge on any atom is 0.183 e. The Kier molecular flexibility index (Phi) is 2.97. The highest BCUT2D eigenvalue weighted by Gasteiger charge is 2.08. The summed E-state index contributed by atoms with van der Waals surface area (Å²) in [5.41, 5.74) is 12.7. The third-order valence-corrected chi connectivity index (χ3v) is 1.80. The Balaban J connectivity index is 3.20. The van der Waals surface area contributed by atoms with E-state index in [4.69, 9.17) is 20.9 Å². The fraction of sp³-hybridized carbons (Fsp3) is 0.333. The Bertz CT molecular complexity index is 300. The van der Waals surface area contributed by atoms with Gasteiger partial charge in [-0.1, -0.05) is 0 Å². The van der Waals surface area contributed by atoms with Crippen molar-refractivity contribution in [3.05, 3.63) is 17.7 Å². The van der Waals surface area contributed by atoms with E-state index >= 15 is 0 Å². The fourth-order valence-electron chi connectivity index (χ4n) is 1.17. The lowest BCUT2D eigenvalue weighted by molar-refractivity contribution is 0.356. The average Bonchev–Trinajstić information content (AvgIpc) is 2.16. The summed E-state index contributed by atoms with van der Waals surface area (Å²) in [4.78, 5) is 0. The molecule has 0 aliphatic carbocycles. The summed E-state index contributed by atoms with van der Waals surface area (Å²) in [7, 11) is 3.12. The van der Waals surface area contributed by atoms with E-state index in [0.29, 0.717) is 23.7 Å². The predicted octanol–water partition coefficient (Wildman–Crippen LogP) is 0.745. The highest BCUT2D eigenvalue weighted by Crippen LogP contribution is 2.34. The molecule has 0 atom stereocenters. The highest BCUT2D eigenvalue weighted by atomic mass is 16.5. The zero-order chi connectivity index (χ0) is 9.84. The van der Waals surface area contributed by atoms with Crippen LogP contribution in [0.5, 0.6) is 11.5 Å². The molecule has 4 N–H and O–H groups in total. The molecule has 0 saturated heterocycles. The van der Waals surface area contributed by atoms with E-state index < -0.39 is 0 Å². The summed E-state index contributed by atoms with van der Waals surface area (Å²) in [5.74, 6) is 1.17. The quantitative estimate of drug-likeness (QED) is 0.676. The largest absolute Gasteiger partial charge is 0.493 e. The SMILES string of the molecule is COc1cc(CN)cc(N)c1OC. The fourth-order valence-corrected chi connectivity index (χ4v) is 1.17. The van der Waals surface area contributed by atoms with E-state index in [1.165, 1.54) is 0 Å². The first-order valence-corrected chi connectivity index (χ1v) is 3.93. The Hall–Kier alpha value is -1.42. The van der Waals surface area contributed by atoms with Crippen LogP contribution >= 0.6 is 0 Å². The van der Waals surface area contributed by atoms with Gasteiger partial charge in [0.15, 0.2) is 11.5 Å². The van der Waals surface area contributed by atoms with Crippen LogP contribution in [0.2, 0.25) is 0 Å². The number of ether oxygens (including phenoxy) is 2. The van der Waals surface area contributed by atoms with Crippen molar-refractivity contribution in [3.8, 4) is 11.5 Å². The van der Waals surface area contributed by atoms with Gasteiger partial charge in [-0.15, -0.1) is 0 Å². The normalized spacial score (nSPS) is 9.77. The molecule has 0 aromatic heterocycles. The van der Waals surface area contributed by atoms with E-state index in [1.807, 2.05) is 6.07 Å². The van der Waals surface area contributed by atoms with Crippen LogP contribution in [0.3, 0.4) is 0 Å². The maximum absolute atomic E-state index is 5.72. The predicted molar refractivity (Wildman–Crippen MR) is 51.8 cm³/mol. The molecule has 1 rings (SSSR count). The summed E-state index contributed by atoms with van der Waals surface area (Å²) < 4.78 is 10.2. The van der Waals surface area contributed by atoms with E-state index in [2.05, 4.69) is 0 Å². The monoisotopic (exact) mass is 182 g/mol. The second kappa shape index (κ2) is 4.00. The highest BCUT2D eigenvalue weighted by molar-refractivity contribution is 5.62. The lowest BCUT2D eigenvalue weighted by Gasteiger charge is -2.11. The topological polar surface area (TPSA) is 70.5 Å². The van der Waals surface area contributed by atoms with Gasteiger partial charge in [0.25, 0.3) is 0 Å². The molecule has 0 spiro atoms. The minimum Gasteiger partial charge on any atom is -0.493 e. The molecular weight excluding hydrogens is 168 g/mol. The molecule has 13 heavy (non-hydrogen) atoms. The van der Waals surface area contributed by atoms with Crippen molar-refractivity contribution in [2.75, 3.05) is 20.0 Å². The van der Waals surface area contributed by atoms with E-state index in [1.54, 1.807) is 20.3 Å². The number of rotatable bonds is 3. The van der Waals surface area contributed by atoms with Gasteiger partial charge in [-0.2, -0.15) is 0 Å². The summed E-state index contributed by atoms with van der Waals surface area (Å²) in [5, 5.41) is 0. The molecule has 0 unspecified atom stereocenters. The Morgan fingerprint density at radius 2 is 1.92 bits per heavy atom. The molecule has 4 heteroatoms. The molecule has 0 radical (unpaired) electrons. The van der Waals surface area contributed by atoms with Crippen molar-refractivity contribution >= 4 is 5.69 Å². The van der Waals surface area contributed by atoms with Crippen molar-refractivity contribution in [3.63, 3.8) is 0 Å². The summed E-state index contributed by atoms with van der Waals surface area (Å²) in [6, 6.07) is 3.59. The van der Waals surface area contributed by atoms with Crippen LogP contribution in [0.25, 0.3) is 0 Å². The molecule has 0 saturated carbocycles. The van der Waals surface area contributed by atoms with Gasteiger partial charge in [0.05, 0.1) is 19.9 Å². The van der Waals surface area contributed by atoms with Crippen LogP contribution in [0, 0.1) is 0 Å². The number of benzene rings is 1. The first-order valence-electron chi connectivity index (χ1n) is 3.93. The van der Waals surface area contributed by atoms with Crippen molar-refractivity contribution in [1.29, 1.82) is 0 Å². The third kappa shape index (κ3) is 1.84. The molecule has 0 amide bonds.